The molecule has 1 saturated carbocycles. The number of nitrogens with zero attached hydrogens (tertiary/aromatic N) is 1. The second-order valence-electron chi connectivity index (χ2n) is 8.30. The number of hydrogen-bond acceptors (Lipinski definition) is 2. The molecule has 1 aromatic rings. The van der Waals surface area contributed by atoms with Gasteiger partial charge in [-0.05, 0) is 94.0 Å². The molecule has 0 radical (unpaired) electrons. The van der Waals surface area contributed by atoms with Gasteiger partial charge in [0.2, 0.25) is 0 Å². The van der Waals surface area contributed by atoms with Crippen LogP contribution in [0.25, 0.3) is 5.57 Å². The number of aliphatic imine (C=N–C) groups is 1. The molecule has 2 nitrogen and oxygen atoms in total. The number of hydrogen-bond donors (Lipinski definition) is 1. The zero-order chi connectivity index (χ0) is 17.9. The van der Waals surface area contributed by atoms with Crippen molar-refractivity contribution >= 4 is 17.0 Å². The van der Waals surface area contributed by atoms with Crippen LogP contribution in [-0.4, -0.2) is 16.4 Å². The Morgan fingerprint density at radius 1 is 1.33 bits per heavy atom. The van der Waals surface area contributed by atoms with Crippen molar-refractivity contribution in [1.82, 2.24) is 0 Å². The van der Waals surface area contributed by atoms with E-state index in [1.54, 1.807) is 0 Å². The molecule has 2 rings (SSSR count). The molecule has 0 heterocycles. The first-order valence-electron chi connectivity index (χ1n) is 9.22. The van der Waals surface area contributed by atoms with Gasteiger partial charge >= 0.3 is 0 Å². The fourth-order valence-corrected chi connectivity index (χ4v) is 3.42. The Kier molecular flexibility index (Phi) is 6.03. The van der Waals surface area contributed by atoms with E-state index in [1.807, 2.05) is 6.92 Å². The lowest BCUT2D eigenvalue weighted by Crippen LogP contribution is -2.39. The van der Waals surface area contributed by atoms with E-state index in [-0.39, 0.29) is 0 Å². The minimum Gasteiger partial charge on any atom is -0.390 e. The Balaban J connectivity index is 2.06. The summed E-state index contributed by atoms with van der Waals surface area (Å²) in [4.78, 5) is 4.80. The summed E-state index contributed by atoms with van der Waals surface area (Å²) in [7, 11) is 0. The van der Waals surface area contributed by atoms with Crippen LogP contribution in [0.15, 0.2) is 29.3 Å². The molecule has 1 fully saturated rings. The van der Waals surface area contributed by atoms with Crippen molar-refractivity contribution in [3.8, 4) is 0 Å². The highest BCUT2D eigenvalue weighted by Crippen LogP contribution is 2.39. The van der Waals surface area contributed by atoms with Gasteiger partial charge in [0, 0.05) is 5.71 Å². The lowest BCUT2D eigenvalue weighted by molar-refractivity contribution is -0.0413. The van der Waals surface area contributed by atoms with Gasteiger partial charge in [0.05, 0.1) is 11.3 Å². The van der Waals surface area contributed by atoms with Crippen molar-refractivity contribution in [2.75, 3.05) is 0 Å². The number of rotatable bonds is 6. The zero-order valence-electron chi connectivity index (χ0n) is 16.2. The minimum absolute atomic E-state index is 0.455. The fraction of sp³-hybridized carbons (Fsp3) is 0.591. The third kappa shape index (κ3) is 5.31. The largest absolute Gasteiger partial charge is 0.390 e. The monoisotopic (exact) mass is 327 g/mol. The van der Waals surface area contributed by atoms with E-state index in [4.69, 9.17) is 4.99 Å². The van der Waals surface area contributed by atoms with E-state index in [0.29, 0.717) is 5.92 Å². The van der Waals surface area contributed by atoms with Crippen molar-refractivity contribution in [2.24, 2.45) is 16.8 Å². The molecule has 24 heavy (non-hydrogen) atoms. The zero-order valence-corrected chi connectivity index (χ0v) is 16.2. The number of allylic oxidation sites excluding steroid dienone is 2. The Labute approximate surface area is 147 Å². The van der Waals surface area contributed by atoms with Gasteiger partial charge in [0.15, 0.2) is 0 Å². The van der Waals surface area contributed by atoms with Gasteiger partial charge in [-0.1, -0.05) is 26.0 Å². The van der Waals surface area contributed by atoms with E-state index in [2.05, 4.69) is 58.9 Å². The van der Waals surface area contributed by atoms with Crippen LogP contribution in [0.4, 0.5) is 5.69 Å². The van der Waals surface area contributed by atoms with Crippen LogP contribution in [0.1, 0.15) is 71.4 Å². The van der Waals surface area contributed by atoms with Crippen LogP contribution < -0.4 is 0 Å². The number of aryl methyl sites for hydroxylation is 1. The average molecular weight is 328 g/mol. The van der Waals surface area contributed by atoms with Crippen LogP contribution in [0.5, 0.6) is 0 Å². The first kappa shape index (κ1) is 18.9. The van der Waals surface area contributed by atoms with Crippen LogP contribution in [0.2, 0.25) is 0 Å². The summed E-state index contributed by atoms with van der Waals surface area (Å²) < 4.78 is 0. The van der Waals surface area contributed by atoms with Gasteiger partial charge in [-0.25, -0.2) is 0 Å². The maximum atomic E-state index is 9.87. The normalized spacial score (nSPS) is 25.1. The first-order valence-corrected chi connectivity index (χ1v) is 9.22. The maximum absolute atomic E-state index is 9.87. The number of benzene rings is 1. The average Bonchev–Trinajstić information content (AvgIpc) is 2.45. The Hall–Kier alpha value is -1.41. The predicted octanol–water partition coefficient (Wildman–Crippen LogP) is 6.09. The fourth-order valence-electron chi connectivity index (χ4n) is 3.42. The highest BCUT2D eigenvalue weighted by molar-refractivity contribution is 5.85. The Bertz CT molecular complexity index is 629. The second kappa shape index (κ2) is 7.65. The van der Waals surface area contributed by atoms with Crippen LogP contribution >= 0.6 is 0 Å². The van der Waals surface area contributed by atoms with Gasteiger partial charge in [-0.15, -0.1) is 0 Å². The molecular weight excluding hydrogens is 294 g/mol. The van der Waals surface area contributed by atoms with Gasteiger partial charge in [0.1, 0.15) is 0 Å². The third-order valence-corrected chi connectivity index (χ3v) is 4.94. The summed E-state index contributed by atoms with van der Waals surface area (Å²) in [6.45, 7) is 12.9. The molecule has 0 aromatic heterocycles. The van der Waals surface area contributed by atoms with E-state index in [0.717, 1.165) is 30.9 Å². The van der Waals surface area contributed by atoms with E-state index < -0.39 is 5.60 Å². The Morgan fingerprint density at radius 2 is 2.00 bits per heavy atom. The molecule has 1 aromatic carbocycles. The molecule has 0 bridgehead atoms. The van der Waals surface area contributed by atoms with E-state index >= 15 is 0 Å². The predicted molar refractivity (Wildman–Crippen MR) is 105 cm³/mol. The molecule has 0 unspecified atom stereocenters. The van der Waals surface area contributed by atoms with Crippen molar-refractivity contribution in [3.63, 3.8) is 0 Å². The van der Waals surface area contributed by atoms with Crippen molar-refractivity contribution in [3.05, 3.63) is 35.4 Å². The standard InChI is InChI=1S/C22H33NO/c1-15(2)7-8-18(5)23-21-10-9-20(12-17(21)4)16(3)11-19-13-22(6,24)14-19/h9-12,15,19,24H,7-8,13-14H2,1-6H3/b16-11+,23-18+. The molecule has 2 heteroatoms. The maximum Gasteiger partial charge on any atom is 0.0658 e. The molecule has 1 N–H and O–H groups in total. The summed E-state index contributed by atoms with van der Waals surface area (Å²) >= 11 is 0. The SMILES string of the molecule is C/C(=C\C1CC(C)(O)C1)c1ccc(/N=C(\C)CCC(C)C)c(C)c1. The van der Waals surface area contributed by atoms with Gasteiger partial charge < -0.3 is 5.11 Å². The van der Waals surface area contributed by atoms with Crippen LogP contribution in [0.3, 0.4) is 0 Å². The van der Waals surface area contributed by atoms with Crippen molar-refractivity contribution < 1.29 is 5.11 Å². The second-order valence-corrected chi connectivity index (χ2v) is 8.30. The summed E-state index contributed by atoms with van der Waals surface area (Å²) in [5.74, 6) is 1.23. The van der Waals surface area contributed by atoms with Crippen molar-refractivity contribution in [2.45, 2.75) is 72.8 Å². The lowest BCUT2D eigenvalue weighted by Gasteiger charge is -2.39. The lowest BCUT2D eigenvalue weighted by atomic mass is 9.71. The molecule has 1 aliphatic rings. The van der Waals surface area contributed by atoms with E-state index in [9.17, 15) is 5.11 Å². The molecule has 132 valence electrons. The summed E-state index contributed by atoms with van der Waals surface area (Å²) in [5, 5.41) is 9.87. The quantitative estimate of drug-likeness (QED) is 0.630. The smallest absolute Gasteiger partial charge is 0.0658 e. The molecule has 0 atom stereocenters. The molecule has 0 amide bonds. The van der Waals surface area contributed by atoms with Crippen LogP contribution in [0, 0.1) is 18.8 Å². The first-order chi connectivity index (χ1) is 11.2. The molecule has 0 aliphatic heterocycles. The highest BCUT2D eigenvalue weighted by atomic mass is 16.3. The van der Waals surface area contributed by atoms with E-state index in [1.165, 1.54) is 28.8 Å². The van der Waals surface area contributed by atoms with Crippen LogP contribution in [-0.2, 0) is 0 Å². The third-order valence-electron chi connectivity index (χ3n) is 4.94. The summed E-state index contributed by atoms with van der Waals surface area (Å²) in [6.07, 6.45) is 6.32. The Morgan fingerprint density at radius 3 is 2.54 bits per heavy atom. The van der Waals surface area contributed by atoms with Gasteiger partial charge in [-0.3, -0.25) is 4.99 Å². The summed E-state index contributed by atoms with van der Waals surface area (Å²) in [6, 6.07) is 6.54. The topological polar surface area (TPSA) is 32.6 Å². The molecule has 0 spiro atoms. The molecule has 1 aliphatic carbocycles. The highest BCUT2D eigenvalue weighted by Gasteiger charge is 2.36. The van der Waals surface area contributed by atoms with Crippen molar-refractivity contribution in [1.29, 1.82) is 0 Å². The molecule has 0 saturated heterocycles. The van der Waals surface area contributed by atoms with Gasteiger partial charge in [-0.2, -0.15) is 0 Å². The minimum atomic E-state index is -0.455. The molecular formula is C22H33NO. The van der Waals surface area contributed by atoms with Gasteiger partial charge in [0.25, 0.3) is 0 Å². The number of aliphatic hydroxyl groups is 1. The summed E-state index contributed by atoms with van der Waals surface area (Å²) in [5.41, 5.74) is 5.62.